The summed E-state index contributed by atoms with van der Waals surface area (Å²) >= 11 is 0. The molecule has 0 unspecified atom stereocenters. The van der Waals surface area contributed by atoms with Crippen LogP contribution < -0.4 is 16.4 Å². The molecule has 0 saturated heterocycles. The predicted octanol–water partition coefficient (Wildman–Crippen LogP) is 0.677. The third-order valence-electron chi connectivity index (χ3n) is 2.96. The summed E-state index contributed by atoms with van der Waals surface area (Å²) < 4.78 is 0. The molecule has 1 aromatic heterocycles. The molecule has 0 radical (unpaired) electrons. The number of hydrogen-bond acceptors (Lipinski definition) is 5. The van der Waals surface area contributed by atoms with E-state index in [1.54, 1.807) is 12.4 Å². The van der Waals surface area contributed by atoms with Crippen LogP contribution in [0.5, 0.6) is 0 Å². The van der Waals surface area contributed by atoms with Crippen molar-refractivity contribution in [2.24, 2.45) is 5.73 Å². The highest BCUT2D eigenvalue weighted by molar-refractivity contribution is 5.74. The van der Waals surface area contributed by atoms with Crippen LogP contribution in [0.3, 0.4) is 0 Å². The second kappa shape index (κ2) is 7.72. The highest BCUT2D eigenvalue weighted by Crippen LogP contribution is 2.19. The first kappa shape index (κ1) is 15.4. The Morgan fingerprint density at radius 3 is 2.68 bits per heavy atom. The molecule has 0 bridgehead atoms. The second-order valence-electron chi connectivity index (χ2n) is 4.64. The van der Waals surface area contributed by atoms with Crippen LogP contribution in [-0.2, 0) is 16.1 Å². The maximum Gasteiger partial charge on any atom is 0.222 e. The number of nitrogens with two attached hydrogens (primary N) is 1. The Morgan fingerprint density at radius 2 is 2.00 bits per heavy atom. The van der Waals surface area contributed by atoms with Crippen LogP contribution in [0.2, 0.25) is 0 Å². The lowest BCUT2D eigenvalue weighted by atomic mass is 10.1. The third-order valence-corrected chi connectivity index (χ3v) is 2.96. The van der Waals surface area contributed by atoms with Crippen molar-refractivity contribution in [2.75, 3.05) is 11.9 Å². The van der Waals surface area contributed by atoms with Crippen molar-refractivity contribution in [3.05, 3.63) is 42.2 Å². The molecule has 22 heavy (non-hydrogen) atoms. The van der Waals surface area contributed by atoms with Gasteiger partial charge in [-0.1, -0.05) is 18.2 Å². The van der Waals surface area contributed by atoms with Gasteiger partial charge in [0.25, 0.3) is 0 Å². The van der Waals surface area contributed by atoms with Crippen LogP contribution in [0.4, 0.5) is 5.95 Å². The average Bonchev–Trinajstić information content (AvgIpc) is 2.53. The van der Waals surface area contributed by atoms with Gasteiger partial charge < -0.3 is 16.4 Å². The van der Waals surface area contributed by atoms with Crippen molar-refractivity contribution in [2.45, 2.75) is 13.0 Å². The van der Waals surface area contributed by atoms with E-state index < -0.39 is 0 Å². The molecule has 0 fully saturated rings. The minimum Gasteiger partial charge on any atom is -0.370 e. The average molecular weight is 299 g/mol. The van der Waals surface area contributed by atoms with Gasteiger partial charge in [0.05, 0.1) is 0 Å². The van der Waals surface area contributed by atoms with E-state index in [0.717, 1.165) is 16.7 Å². The van der Waals surface area contributed by atoms with Crippen LogP contribution in [0.15, 0.2) is 36.7 Å². The first-order chi connectivity index (χ1) is 10.7. The van der Waals surface area contributed by atoms with Crippen LogP contribution in [0.1, 0.15) is 12.0 Å². The van der Waals surface area contributed by atoms with Crippen molar-refractivity contribution >= 4 is 18.3 Å². The summed E-state index contributed by atoms with van der Waals surface area (Å²) in [5, 5.41) is 5.55. The Hall–Kier alpha value is -2.96. The van der Waals surface area contributed by atoms with E-state index in [1.165, 1.54) is 0 Å². The molecule has 0 aliphatic carbocycles. The maximum absolute atomic E-state index is 10.7. The summed E-state index contributed by atoms with van der Waals surface area (Å²) in [5.74, 6) is 0.0774. The zero-order chi connectivity index (χ0) is 15.8. The van der Waals surface area contributed by atoms with Gasteiger partial charge in [0, 0.05) is 37.5 Å². The predicted molar refractivity (Wildman–Crippen MR) is 82.7 cm³/mol. The van der Waals surface area contributed by atoms with E-state index in [4.69, 9.17) is 5.73 Å². The van der Waals surface area contributed by atoms with Crippen LogP contribution >= 0.6 is 0 Å². The monoisotopic (exact) mass is 299 g/mol. The molecule has 0 aliphatic rings. The zero-order valence-corrected chi connectivity index (χ0v) is 12.0. The first-order valence-corrected chi connectivity index (χ1v) is 6.79. The molecule has 4 N–H and O–H groups in total. The number of nitrogens with zero attached hydrogens (tertiary/aromatic N) is 2. The summed E-state index contributed by atoms with van der Waals surface area (Å²) in [6.45, 7) is 0.881. The molecule has 2 aromatic rings. The quantitative estimate of drug-likeness (QED) is 0.621. The van der Waals surface area contributed by atoms with Gasteiger partial charge in [-0.25, -0.2) is 9.97 Å². The van der Waals surface area contributed by atoms with Crippen molar-refractivity contribution < 1.29 is 9.59 Å². The minimum atomic E-state index is -0.370. The Kier molecular flexibility index (Phi) is 5.42. The summed E-state index contributed by atoms with van der Waals surface area (Å²) in [4.78, 5) is 29.4. The molecule has 0 aliphatic heterocycles. The molecule has 2 amide bonds. The first-order valence-electron chi connectivity index (χ1n) is 6.79. The number of benzene rings is 1. The van der Waals surface area contributed by atoms with E-state index in [9.17, 15) is 9.59 Å². The summed E-state index contributed by atoms with van der Waals surface area (Å²) in [6, 6.07) is 7.76. The molecule has 7 heteroatoms. The third kappa shape index (κ3) is 4.55. The standard InChI is InChI=1S/C15H17N5O2/c16-14(22)4-5-18-15-19-8-13(9-20-15)12-3-1-2-11(6-12)7-17-10-21/h1-3,6,8-10H,4-5,7H2,(H2,16,22)(H,17,21)(H,18,19,20). The van der Waals surface area contributed by atoms with E-state index in [2.05, 4.69) is 20.6 Å². The summed E-state index contributed by atoms with van der Waals surface area (Å²) in [6.07, 6.45) is 4.30. The number of aromatic nitrogens is 2. The molecule has 7 nitrogen and oxygen atoms in total. The zero-order valence-electron chi connectivity index (χ0n) is 12.0. The number of carbonyl (C=O) groups is 2. The van der Waals surface area contributed by atoms with Gasteiger partial charge in [-0.2, -0.15) is 0 Å². The Morgan fingerprint density at radius 1 is 1.23 bits per heavy atom. The van der Waals surface area contributed by atoms with Crippen molar-refractivity contribution in [3.63, 3.8) is 0 Å². The van der Waals surface area contributed by atoms with Crippen LogP contribution in [0, 0.1) is 0 Å². The minimum absolute atomic E-state index is 0.233. The molecule has 114 valence electrons. The van der Waals surface area contributed by atoms with E-state index >= 15 is 0 Å². The lowest BCUT2D eigenvalue weighted by Crippen LogP contribution is -2.16. The van der Waals surface area contributed by atoms with Gasteiger partial charge in [-0.05, 0) is 17.2 Å². The lowest BCUT2D eigenvalue weighted by Gasteiger charge is -2.06. The van der Waals surface area contributed by atoms with Gasteiger partial charge in [-0.3, -0.25) is 9.59 Å². The number of nitrogens with one attached hydrogen (secondary N) is 2. The number of hydrogen-bond donors (Lipinski definition) is 3. The number of anilines is 1. The van der Waals surface area contributed by atoms with Gasteiger partial charge in [0.1, 0.15) is 0 Å². The SMILES string of the molecule is NC(=O)CCNc1ncc(-c2cccc(CNC=O)c2)cn1. The molecule has 1 aromatic carbocycles. The van der Waals surface area contributed by atoms with Gasteiger partial charge in [-0.15, -0.1) is 0 Å². The molecular formula is C15H17N5O2. The molecule has 0 saturated carbocycles. The second-order valence-corrected chi connectivity index (χ2v) is 4.64. The maximum atomic E-state index is 10.7. The fourth-order valence-corrected chi connectivity index (χ4v) is 1.89. The lowest BCUT2D eigenvalue weighted by molar-refractivity contribution is -0.117. The smallest absolute Gasteiger partial charge is 0.222 e. The number of amides is 2. The fraction of sp³-hybridized carbons (Fsp3) is 0.200. The molecular weight excluding hydrogens is 282 g/mol. The fourth-order valence-electron chi connectivity index (χ4n) is 1.89. The van der Waals surface area contributed by atoms with Crippen molar-refractivity contribution in [3.8, 4) is 11.1 Å². The summed E-state index contributed by atoms with van der Waals surface area (Å²) in [7, 11) is 0. The van der Waals surface area contributed by atoms with Crippen LogP contribution in [0.25, 0.3) is 11.1 Å². The number of carbonyl (C=O) groups excluding carboxylic acids is 2. The number of primary amides is 1. The molecule has 0 atom stereocenters. The Bertz CT molecular complexity index is 643. The highest BCUT2D eigenvalue weighted by Gasteiger charge is 2.02. The Balaban J connectivity index is 2.03. The number of rotatable bonds is 8. The van der Waals surface area contributed by atoms with Crippen molar-refractivity contribution in [1.82, 2.24) is 15.3 Å². The van der Waals surface area contributed by atoms with Crippen LogP contribution in [-0.4, -0.2) is 28.8 Å². The van der Waals surface area contributed by atoms with Gasteiger partial charge >= 0.3 is 0 Å². The topological polar surface area (TPSA) is 110 Å². The molecule has 0 spiro atoms. The Labute approximate surface area is 128 Å². The van der Waals surface area contributed by atoms with E-state index in [0.29, 0.717) is 25.4 Å². The van der Waals surface area contributed by atoms with E-state index in [1.807, 2.05) is 24.3 Å². The molecule has 1 heterocycles. The molecule has 2 rings (SSSR count). The van der Waals surface area contributed by atoms with Gasteiger partial charge in [0.2, 0.25) is 18.3 Å². The highest BCUT2D eigenvalue weighted by atomic mass is 16.1. The van der Waals surface area contributed by atoms with Gasteiger partial charge in [0.15, 0.2) is 0 Å². The van der Waals surface area contributed by atoms with Crippen molar-refractivity contribution in [1.29, 1.82) is 0 Å². The summed E-state index contributed by atoms with van der Waals surface area (Å²) in [5.41, 5.74) is 7.89. The normalized spacial score (nSPS) is 10.0. The van der Waals surface area contributed by atoms with E-state index in [-0.39, 0.29) is 12.3 Å². The largest absolute Gasteiger partial charge is 0.370 e.